The van der Waals surface area contributed by atoms with Gasteiger partial charge in [-0.05, 0) is 25.9 Å². The Labute approximate surface area is 75.9 Å². The minimum atomic E-state index is 0.561. The summed E-state index contributed by atoms with van der Waals surface area (Å²) in [6, 6.07) is 0. The number of hydrogen-bond donors (Lipinski definition) is 0. The molecular formula is C10H21NO. The van der Waals surface area contributed by atoms with E-state index in [0.29, 0.717) is 6.10 Å². The van der Waals surface area contributed by atoms with Crippen LogP contribution in [0.1, 0.15) is 39.5 Å². The molecule has 0 unspecified atom stereocenters. The van der Waals surface area contributed by atoms with E-state index < -0.39 is 0 Å². The van der Waals surface area contributed by atoms with Crippen molar-refractivity contribution in [1.82, 2.24) is 4.90 Å². The average Bonchev–Trinajstić information content (AvgIpc) is 2.59. The first kappa shape index (κ1) is 10.0. The van der Waals surface area contributed by atoms with Crippen molar-refractivity contribution in [3.63, 3.8) is 0 Å². The normalized spacial score (nSPS) is 19.2. The van der Waals surface area contributed by atoms with Gasteiger partial charge in [0.1, 0.15) is 0 Å². The molecule has 1 aliphatic rings. The molecular weight excluding hydrogens is 150 g/mol. The van der Waals surface area contributed by atoms with E-state index in [-0.39, 0.29) is 0 Å². The van der Waals surface area contributed by atoms with Gasteiger partial charge in [-0.25, -0.2) is 0 Å². The fourth-order valence-corrected chi connectivity index (χ4v) is 1.67. The van der Waals surface area contributed by atoms with E-state index in [4.69, 9.17) is 4.74 Å². The number of nitrogens with zero attached hydrogens (tertiary/aromatic N) is 1. The molecule has 0 saturated heterocycles. The van der Waals surface area contributed by atoms with Crippen molar-refractivity contribution in [3.8, 4) is 0 Å². The number of hydrogen-bond acceptors (Lipinski definition) is 2. The predicted octanol–water partition coefficient (Wildman–Crippen LogP) is 2.24. The van der Waals surface area contributed by atoms with E-state index in [2.05, 4.69) is 18.7 Å². The third-order valence-corrected chi connectivity index (χ3v) is 2.69. The van der Waals surface area contributed by atoms with Crippen molar-refractivity contribution in [2.75, 3.05) is 19.8 Å². The topological polar surface area (TPSA) is 12.5 Å². The Morgan fingerprint density at radius 1 is 1.17 bits per heavy atom. The molecule has 0 N–H and O–H groups in total. The van der Waals surface area contributed by atoms with Crippen molar-refractivity contribution < 1.29 is 4.74 Å². The van der Waals surface area contributed by atoms with E-state index in [1.54, 1.807) is 0 Å². The molecule has 0 bridgehead atoms. The van der Waals surface area contributed by atoms with Crippen LogP contribution in [0.25, 0.3) is 0 Å². The molecule has 1 saturated carbocycles. The van der Waals surface area contributed by atoms with Crippen LogP contribution in [-0.2, 0) is 4.74 Å². The molecule has 0 spiro atoms. The largest absolute Gasteiger partial charge is 0.363 e. The first-order chi connectivity index (χ1) is 5.86. The molecule has 0 heterocycles. The molecule has 0 aromatic carbocycles. The molecule has 12 heavy (non-hydrogen) atoms. The Hall–Kier alpha value is -0.0800. The second-order valence-electron chi connectivity index (χ2n) is 3.51. The minimum absolute atomic E-state index is 0.561. The van der Waals surface area contributed by atoms with Crippen LogP contribution in [0.3, 0.4) is 0 Å². The lowest BCUT2D eigenvalue weighted by atomic mass is 10.3. The van der Waals surface area contributed by atoms with Crippen molar-refractivity contribution >= 4 is 0 Å². The van der Waals surface area contributed by atoms with Gasteiger partial charge in [-0.15, -0.1) is 0 Å². The Bertz CT molecular complexity index is 104. The highest BCUT2D eigenvalue weighted by Crippen LogP contribution is 2.20. The molecule has 0 atom stereocenters. The van der Waals surface area contributed by atoms with Gasteiger partial charge in [-0.1, -0.05) is 26.7 Å². The fraction of sp³-hybridized carbons (Fsp3) is 1.00. The molecule has 0 aliphatic heterocycles. The quantitative estimate of drug-likeness (QED) is 0.588. The van der Waals surface area contributed by atoms with Gasteiger partial charge in [-0.2, -0.15) is 0 Å². The lowest BCUT2D eigenvalue weighted by molar-refractivity contribution is -0.0153. The molecule has 0 amide bonds. The number of rotatable bonds is 5. The third kappa shape index (κ3) is 3.11. The van der Waals surface area contributed by atoms with Crippen molar-refractivity contribution in [2.24, 2.45) is 0 Å². The highest BCUT2D eigenvalue weighted by Gasteiger charge is 2.15. The Balaban J connectivity index is 2.06. The molecule has 0 aromatic heterocycles. The van der Waals surface area contributed by atoms with Crippen molar-refractivity contribution in [1.29, 1.82) is 0 Å². The lowest BCUT2D eigenvalue weighted by Gasteiger charge is -2.20. The summed E-state index contributed by atoms with van der Waals surface area (Å²) in [6.45, 7) is 7.40. The minimum Gasteiger partial charge on any atom is -0.363 e. The summed E-state index contributed by atoms with van der Waals surface area (Å²) < 4.78 is 5.77. The monoisotopic (exact) mass is 171 g/mol. The third-order valence-electron chi connectivity index (χ3n) is 2.69. The summed E-state index contributed by atoms with van der Waals surface area (Å²) >= 11 is 0. The summed E-state index contributed by atoms with van der Waals surface area (Å²) in [5.74, 6) is 0. The highest BCUT2D eigenvalue weighted by atomic mass is 16.5. The first-order valence-electron chi connectivity index (χ1n) is 5.20. The second kappa shape index (κ2) is 5.55. The van der Waals surface area contributed by atoms with E-state index in [0.717, 1.165) is 19.8 Å². The molecule has 1 rings (SSSR count). The van der Waals surface area contributed by atoms with Crippen molar-refractivity contribution in [3.05, 3.63) is 0 Å². The molecule has 1 fully saturated rings. The summed E-state index contributed by atoms with van der Waals surface area (Å²) in [7, 11) is 0. The standard InChI is InChI=1S/C10H21NO/c1-3-11(4-2)9-12-10-7-5-6-8-10/h10H,3-9H2,1-2H3. The first-order valence-corrected chi connectivity index (χ1v) is 5.20. The van der Waals surface area contributed by atoms with Crippen LogP contribution in [-0.4, -0.2) is 30.8 Å². The van der Waals surface area contributed by atoms with Crippen LogP contribution in [0.5, 0.6) is 0 Å². The highest BCUT2D eigenvalue weighted by molar-refractivity contribution is 4.66. The van der Waals surface area contributed by atoms with Gasteiger partial charge < -0.3 is 4.74 Å². The molecule has 2 heteroatoms. The average molecular weight is 171 g/mol. The molecule has 0 aromatic rings. The Morgan fingerprint density at radius 2 is 1.75 bits per heavy atom. The van der Waals surface area contributed by atoms with Gasteiger partial charge in [0.2, 0.25) is 0 Å². The Kier molecular flexibility index (Phi) is 4.62. The van der Waals surface area contributed by atoms with E-state index in [1.807, 2.05) is 0 Å². The van der Waals surface area contributed by atoms with E-state index in [1.165, 1.54) is 25.7 Å². The van der Waals surface area contributed by atoms with Crippen LogP contribution < -0.4 is 0 Å². The predicted molar refractivity (Wildman–Crippen MR) is 51.1 cm³/mol. The fourth-order valence-electron chi connectivity index (χ4n) is 1.67. The lowest BCUT2D eigenvalue weighted by Crippen LogP contribution is -2.28. The Morgan fingerprint density at radius 3 is 2.25 bits per heavy atom. The van der Waals surface area contributed by atoms with Crippen LogP contribution in [0.15, 0.2) is 0 Å². The van der Waals surface area contributed by atoms with Crippen molar-refractivity contribution in [2.45, 2.75) is 45.6 Å². The molecule has 72 valence electrons. The zero-order valence-electron chi connectivity index (χ0n) is 8.38. The van der Waals surface area contributed by atoms with E-state index in [9.17, 15) is 0 Å². The van der Waals surface area contributed by atoms with Crippen LogP contribution in [0.4, 0.5) is 0 Å². The smallest absolute Gasteiger partial charge is 0.0993 e. The summed E-state index contributed by atoms with van der Waals surface area (Å²) in [5, 5.41) is 0. The second-order valence-corrected chi connectivity index (χ2v) is 3.51. The van der Waals surface area contributed by atoms with Gasteiger partial charge in [-0.3, -0.25) is 4.90 Å². The number of ether oxygens (including phenoxy) is 1. The maximum Gasteiger partial charge on any atom is 0.0993 e. The summed E-state index contributed by atoms with van der Waals surface area (Å²) in [6.07, 6.45) is 5.85. The zero-order valence-corrected chi connectivity index (χ0v) is 8.38. The zero-order chi connectivity index (χ0) is 8.81. The van der Waals surface area contributed by atoms with Gasteiger partial charge >= 0.3 is 0 Å². The van der Waals surface area contributed by atoms with Crippen LogP contribution in [0.2, 0.25) is 0 Å². The molecule has 1 aliphatic carbocycles. The maximum atomic E-state index is 5.77. The van der Waals surface area contributed by atoms with E-state index >= 15 is 0 Å². The SMILES string of the molecule is CCN(CC)COC1CCCC1. The summed E-state index contributed by atoms with van der Waals surface area (Å²) in [4.78, 5) is 2.32. The molecule has 2 nitrogen and oxygen atoms in total. The van der Waals surface area contributed by atoms with Gasteiger partial charge in [0.25, 0.3) is 0 Å². The van der Waals surface area contributed by atoms with Crippen LogP contribution >= 0.6 is 0 Å². The summed E-state index contributed by atoms with van der Waals surface area (Å²) in [5.41, 5.74) is 0. The van der Waals surface area contributed by atoms with Gasteiger partial charge in [0.15, 0.2) is 0 Å². The maximum absolute atomic E-state index is 5.77. The molecule has 0 radical (unpaired) electrons. The van der Waals surface area contributed by atoms with Gasteiger partial charge in [0.05, 0.1) is 12.8 Å². The van der Waals surface area contributed by atoms with Gasteiger partial charge in [0, 0.05) is 0 Å². The van der Waals surface area contributed by atoms with Crippen LogP contribution in [0, 0.1) is 0 Å².